The van der Waals surface area contributed by atoms with Crippen molar-refractivity contribution in [1.82, 2.24) is 19.8 Å². The van der Waals surface area contributed by atoms with Gasteiger partial charge in [-0.1, -0.05) is 25.0 Å². The SMILES string of the molecule is CCN1CCN(C(=O)c2cccc(-c3cnc(N)c(C#N)n3)c2)[C@H](CC2CC2)C1=O. The lowest BCUT2D eigenvalue weighted by Crippen LogP contribution is -2.58. The summed E-state index contributed by atoms with van der Waals surface area (Å²) in [5.41, 5.74) is 7.33. The van der Waals surface area contributed by atoms with E-state index >= 15 is 0 Å². The third-order valence-corrected chi connectivity index (χ3v) is 5.79. The molecule has 2 amide bonds. The molecule has 2 aromatic rings. The number of anilines is 1. The molecule has 8 heteroatoms. The number of piperazine rings is 1. The van der Waals surface area contributed by atoms with Crippen molar-refractivity contribution in [2.24, 2.45) is 5.92 Å². The molecule has 1 aliphatic carbocycles. The number of amides is 2. The largest absolute Gasteiger partial charge is 0.381 e. The predicted molar refractivity (Wildman–Crippen MR) is 111 cm³/mol. The fourth-order valence-corrected chi connectivity index (χ4v) is 3.89. The molecule has 0 spiro atoms. The zero-order chi connectivity index (χ0) is 21.3. The van der Waals surface area contributed by atoms with Gasteiger partial charge >= 0.3 is 0 Å². The number of carbonyl (C=O) groups is 2. The summed E-state index contributed by atoms with van der Waals surface area (Å²) in [5, 5.41) is 9.15. The summed E-state index contributed by atoms with van der Waals surface area (Å²) >= 11 is 0. The molecule has 1 aromatic carbocycles. The third kappa shape index (κ3) is 3.83. The average molecular weight is 404 g/mol. The van der Waals surface area contributed by atoms with Crippen molar-refractivity contribution in [1.29, 1.82) is 5.26 Å². The molecule has 1 atom stereocenters. The quantitative estimate of drug-likeness (QED) is 0.815. The first-order chi connectivity index (χ1) is 14.5. The average Bonchev–Trinajstić information content (AvgIpc) is 3.59. The monoisotopic (exact) mass is 404 g/mol. The molecule has 2 heterocycles. The lowest BCUT2D eigenvalue weighted by molar-refractivity contribution is -0.140. The van der Waals surface area contributed by atoms with Gasteiger partial charge in [-0.3, -0.25) is 9.59 Å². The standard InChI is InChI=1S/C22H24N6O2/c1-2-27-8-9-28(19(22(27)30)10-14-6-7-14)21(29)16-5-3-4-15(11-16)18-13-25-20(24)17(12-23)26-18/h3-5,11,13-14,19H,2,6-10H2,1H3,(H2,24,25)/t19-/m1/s1. The van der Waals surface area contributed by atoms with Crippen LogP contribution in [0.1, 0.15) is 42.2 Å². The minimum atomic E-state index is -0.399. The normalized spacial score (nSPS) is 18.9. The highest BCUT2D eigenvalue weighted by Gasteiger charge is 2.40. The van der Waals surface area contributed by atoms with Crippen LogP contribution in [0.2, 0.25) is 0 Å². The van der Waals surface area contributed by atoms with Gasteiger partial charge in [0, 0.05) is 30.8 Å². The van der Waals surface area contributed by atoms with E-state index in [0.717, 1.165) is 19.3 Å². The Kier molecular flexibility index (Phi) is 5.36. The maximum Gasteiger partial charge on any atom is 0.254 e. The second-order valence-electron chi connectivity index (χ2n) is 7.79. The van der Waals surface area contributed by atoms with Gasteiger partial charge in [-0.05, 0) is 31.4 Å². The van der Waals surface area contributed by atoms with Gasteiger partial charge in [0.2, 0.25) is 5.91 Å². The number of rotatable bonds is 5. The molecule has 2 fully saturated rings. The van der Waals surface area contributed by atoms with E-state index in [0.29, 0.717) is 42.4 Å². The van der Waals surface area contributed by atoms with Crippen molar-refractivity contribution in [2.75, 3.05) is 25.4 Å². The Morgan fingerprint density at radius 2 is 2.13 bits per heavy atom. The van der Waals surface area contributed by atoms with Gasteiger partial charge in [-0.25, -0.2) is 9.97 Å². The Balaban J connectivity index is 1.62. The lowest BCUT2D eigenvalue weighted by atomic mass is 10.0. The maximum absolute atomic E-state index is 13.4. The van der Waals surface area contributed by atoms with Crippen molar-refractivity contribution in [2.45, 2.75) is 32.2 Å². The Morgan fingerprint density at radius 1 is 1.33 bits per heavy atom. The molecule has 2 aliphatic rings. The maximum atomic E-state index is 13.4. The molecule has 2 N–H and O–H groups in total. The van der Waals surface area contributed by atoms with Gasteiger partial charge in [-0.2, -0.15) is 5.26 Å². The molecule has 0 radical (unpaired) electrons. The predicted octanol–water partition coefficient (Wildman–Crippen LogP) is 2.07. The summed E-state index contributed by atoms with van der Waals surface area (Å²) in [4.78, 5) is 38.1. The van der Waals surface area contributed by atoms with Gasteiger partial charge in [-0.15, -0.1) is 0 Å². The minimum Gasteiger partial charge on any atom is -0.381 e. The molecule has 1 aromatic heterocycles. The Labute approximate surface area is 175 Å². The van der Waals surface area contributed by atoms with E-state index < -0.39 is 6.04 Å². The molecule has 4 rings (SSSR count). The van der Waals surface area contributed by atoms with E-state index in [4.69, 9.17) is 11.0 Å². The molecule has 0 bridgehead atoms. The zero-order valence-corrected chi connectivity index (χ0v) is 16.9. The molecule has 1 saturated heterocycles. The van der Waals surface area contributed by atoms with Crippen LogP contribution in [0, 0.1) is 17.2 Å². The molecule has 154 valence electrons. The van der Waals surface area contributed by atoms with E-state index in [2.05, 4.69) is 9.97 Å². The molecule has 30 heavy (non-hydrogen) atoms. The highest BCUT2D eigenvalue weighted by Crippen LogP contribution is 2.36. The van der Waals surface area contributed by atoms with Gasteiger partial charge in [0.25, 0.3) is 5.91 Å². The van der Waals surface area contributed by atoms with E-state index in [1.807, 2.05) is 17.9 Å². The fraction of sp³-hybridized carbons (Fsp3) is 0.409. The van der Waals surface area contributed by atoms with Crippen molar-refractivity contribution >= 4 is 17.6 Å². The van der Waals surface area contributed by atoms with E-state index in [1.165, 1.54) is 6.20 Å². The zero-order valence-electron chi connectivity index (χ0n) is 16.9. The number of carbonyl (C=O) groups excluding carboxylic acids is 2. The number of nitrogen functional groups attached to an aromatic ring is 1. The number of aromatic nitrogens is 2. The Bertz CT molecular complexity index is 1030. The highest BCUT2D eigenvalue weighted by atomic mass is 16.2. The molecule has 1 saturated carbocycles. The number of nitrogens with two attached hydrogens (primary N) is 1. The van der Waals surface area contributed by atoms with Crippen molar-refractivity contribution < 1.29 is 9.59 Å². The van der Waals surface area contributed by atoms with Gasteiger partial charge in [0.15, 0.2) is 11.5 Å². The van der Waals surface area contributed by atoms with Crippen molar-refractivity contribution in [3.05, 3.63) is 41.7 Å². The van der Waals surface area contributed by atoms with Crippen LogP contribution in [-0.2, 0) is 4.79 Å². The Hall–Kier alpha value is -3.47. The van der Waals surface area contributed by atoms with Gasteiger partial charge in [0.05, 0.1) is 11.9 Å². The van der Waals surface area contributed by atoms with E-state index in [-0.39, 0.29) is 23.3 Å². The van der Waals surface area contributed by atoms with Crippen molar-refractivity contribution in [3.8, 4) is 17.3 Å². The minimum absolute atomic E-state index is 0.0446. The first kappa shape index (κ1) is 19.8. The number of hydrogen-bond acceptors (Lipinski definition) is 6. The summed E-state index contributed by atoms with van der Waals surface area (Å²) in [6, 6.07) is 8.57. The molecular weight excluding hydrogens is 380 g/mol. The van der Waals surface area contributed by atoms with Crippen LogP contribution in [0.4, 0.5) is 5.82 Å². The Morgan fingerprint density at radius 3 is 2.83 bits per heavy atom. The summed E-state index contributed by atoms with van der Waals surface area (Å²) in [5.74, 6) is 0.495. The van der Waals surface area contributed by atoms with Crippen LogP contribution < -0.4 is 5.73 Å². The molecule has 1 aliphatic heterocycles. The number of nitriles is 1. The lowest BCUT2D eigenvalue weighted by Gasteiger charge is -2.40. The highest BCUT2D eigenvalue weighted by molar-refractivity contribution is 5.99. The summed E-state index contributed by atoms with van der Waals surface area (Å²) in [7, 11) is 0. The molecular formula is C22H24N6O2. The van der Waals surface area contributed by atoms with Crippen LogP contribution in [0.25, 0.3) is 11.3 Å². The smallest absolute Gasteiger partial charge is 0.254 e. The third-order valence-electron chi connectivity index (χ3n) is 5.79. The van der Waals surface area contributed by atoms with Crippen LogP contribution in [0.5, 0.6) is 0 Å². The first-order valence-corrected chi connectivity index (χ1v) is 10.2. The molecule has 0 unspecified atom stereocenters. The fourth-order valence-electron chi connectivity index (χ4n) is 3.89. The summed E-state index contributed by atoms with van der Waals surface area (Å²) in [6.07, 6.45) is 4.48. The number of nitrogens with zero attached hydrogens (tertiary/aromatic N) is 5. The molecule has 8 nitrogen and oxygen atoms in total. The second-order valence-corrected chi connectivity index (χ2v) is 7.79. The van der Waals surface area contributed by atoms with Gasteiger partial charge in [0.1, 0.15) is 12.1 Å². The van der Waals surface area contributed by atoms with Crippen LogP contribution in [-0.4, -0.2) is 57.3 Å². The summed E-state index contributed by atoms with van der Waals surface area (Å²) < 4.78 is 0. The number of likely N-dealkylation sites (N-methyl/N-ethyl adjacent to an activating group) is 1. The van der Waals surface area contributed by atoms with Gasteiger partial charge < -0.3 is 15.5 Å². The van der Waals surface area contributed by atoms with Crippen LogP contribution in [0.3, 0.4) is 0 Å². The first-order valence-electron chi connectivity index (χ1n) is 10.2. The van der Waals surface area contributed by atoms with Crippen LogP contribution in [0.15, 0.2) is 30.5 Å². The summed E-state index contributed by atoms with van der Waals surface area (Å²) in [6.45, 7) is 3.71. The topological polar surface area (TPSA) is 116 Å². The number of benzene rings is 1. The second kappa shape index (κ2) is 8.11. The van der Waals surface area contributed by atoms with Crippen molar-refractivity contribution in [3.63, 3.8) is 0 Å². The van der Waals surface area contributed by atoms with Crippen LogP contribution >= 0.6 is 0 Å². The number of hydrogen-bond donors (Lipinski definition) is 1. The van der Waals surface area contributed by atoms with E-state index in [1.54, 1.807) is 29.2 Å². The van der Waals surface area contributed by atoms with E-state index in [9.17, 15) is 9.59 Å².